The van der Waals surface area contributed by atoms with E-state index in [0.717, 1.165) is 6.92 Å². The van der Waals surface area contributed by atoms with Gasteiger partial charge in [-0.05, 0) is 6.92 Å². The number of rotatable bonds is 2. The van der Waals surface area contributed by atoms with Crippen molar-refractivity contribution in [1.82, 2.24) is 0 Å². The average molecular weight is 234 g/mol. The third-order valence-corrected chi connectivity index (χ3v) is 0.741. The summed E-state index contributed by atoms with van der Waals surface area (Å²) in [5, 5.41) is 15.9. The van der Waals surface area contributed by atoms with Crippen molar-refractivity contribution in [3.63, 3.8) is 0 Å². The van der Waals surface area contributed by atoms with Crippen LogP contribution in [-0.2, 0) is 14.2 Å². The van der Waals surface area contributed by atoms with E-state index in [0.29, 0.717) is 0 Å². The van der Waals surface area contributed by atoms with Crippen molar-refractivity contribution in [1.29, 1.82) is 0 Å². The Morgan fingerprint density at radius 3 is 1.12 bits per heavy atom. The molecular weight excluding hydrogens is 228 g/mol. The molecule has 0 spiro atoms. The molecule has 2 N–H and O–H groups in total. The third kappa shape index (κ3) is 36.4. The quantitative estimate of drug-likeness (QED) is 0.270. The van der Waals surface area contributed by atoms with Crippen molar-refractivity contribution in [3.05, 3.63) is 0 Å². The van der Waals surface area contributed by atoms with Crippen molar-refractivity contribution in [2.45, 2.75) is 6.92 Å². The second-order valence-corrected chi connectivity index (χ2v) is 2.74. The minimum Gasteiger partial charge on any atom is -0.822 e. The van der Waals surface area contributed by atoms with E-state index in [9.17, 15) is 9.59 Å². The van der Waals surface area contributed by atoms with E-state index in [1.165, 1.54) is 0 Å². The van der Waals surface area contributed by atoms with Gasteiger partial charge in [-0.1, -0.05) is 0 Å². The van der Waals surface area contributed by atoms with E-state index < -0.39 is 25.7 Å². The molecule has 0 aliphatic carbocycles. The van der Waals surface area contributed by atoms with Crippen LogP contribution in [0.5, 0.6) is 0 Å². The predicted octanol–water partition coefficient (Wildman–Crippen LogP) is -12.0. The maximum atomic E-state index is 9.76. The van der Waals surface area contributed by atoms with Crippen LogP contribution in [0, 0.1) is 5.92 Å². The smallest absolute Gasteiger partial charge is 0.822 e. The summed E-state index contributed by atoms with van der Waals surface area (Å²) in [5.41, 5.74) is 0. The SMILES string of the molecule is CC(C(=O)O)C(=O)O.O=P([O-])([O-])[O-].[Li+].[Li+].[Li+]. The molecule has 8 nitrogen and oxygen atoms in total. The van der Waals surface area contributed by atoms with Gasteiger partial charge in [0.15, 0.2) is 5.92 Å². The van der Waals surface area contributed by atoms with Crippen molar-refractivity contribution in [2.24, 2.45) is 5.92 Å². The zero-order valence-electron chi connectivity index (χ0n) is 9.37. The van der Waals surface area contributed by atoms with Crippen LogP contribution in [0.1, 0.15) is 6.92 Å². The molecule has 0 aromatic heterocycles. The molecule has 0 radical (unpaired) electrons. The molecule has 16 heavy (non-hydrogen) atoms. The van der Waals surface area contributed by atoms with Gasteiger partial charge in [-0.2, -0.15) is 7.82 Å². The van der Waals surface area contributed by atoms with E-state index in [4.69, 9.17) is 29.5 Å². The van der Waals surface area contributed by atoms with Crippen LogP contribution in [0.25, 0.3) is 0 Å². The molecule has 0 heterocycles. The first-order chi connectivity index (χ1) is 5.55. The van der Waals surface area contributed by atoms with Gasteiger partial charge >= 0.3 is 68.5 Å². The number of carboxylic acid groups (broad SMARTS) is 2. The van der Waals surface area contributed by atoms with Crippen LogP contribution in [0.15, 0.2) is 0 Å². The normalized spacial score (nSPS) is 8.31. The number of hydrogen-bond donors (Lipinski definition) is 2. The molecule has 0 rings (SSSR count). The van der Waals surface area contributed by atoms with Gasteiger partial charge in [0.1, 0.15) is 0 Å². The second kappa shape index (κ2) is 13.9. The van der Waals surface area contributed by atoms with Crippen LogP contribution in [0.2, 0.25) is 0 Å². The monoisotopic (exact) mass is 234 g/mol. The van der Waals surface area contributed by atoms with Gasteiger partial charge in [-0.25, -0.2) is 0 Å². The molecule has 0 aliphatic rings. The van der Waals surface area contributed by atoms with Crippen molar-refractivity contribution >= 4 is 19.8 Å². The zero-order chi connectivity index (χ0) is 11.2. The molecule has 0 aromatic carbocycles. The number of phosphoric acid groups is 1. The summed E-state index contributed by atoms with van der Waals surface area (Å²) in [6.45, 7) is 1.12. The first kappa shape index (κ1) is 30.1. The van der Waals surface area contributed by atoms with Gasteiger partial charge in [0.2, 0.25) is 0 Å². The molecule has 78 valence electrons. The van der Waals surface area contributed by atoms with Crippen molar-refractivity contribution in [2.75, 3.05) is 0 Å². The minimum atomic E-state index is -5.39. The van der Waals surface area contributed by atoms with E-state index in [-0.39, 0.29) is 56.6 Å². The number of hydrogen-bond acceptors (Lipinski definition) is 6. The van der Waals surface area contributed by atoms with E-state index in [2.05, 4.69) is 0 Å². The maximum absolute atomic E-state index is 9.76. The standard InChI is InChI=1S/C4H6O4.3Li.H3O4P/c1-2(3(5)6)4(7)8;;;;1-5(2,3)4/h2H,1H3,(H,5,6)(H,7,8);;;;(H3,1,2,3,4)/q;3*+1;/p-3. The van der Waals surface area contributed by atoms with Crippen LogP contribution in [0.4, 0.5) is 0 Å². The third-order valence-electron chi connectivity index (χ3n) is 0.741. The van der Waals surface area contributed by atoms with Crippen LogP contribution >= 0.6 is 7.82 Å². The summed E-state index contributed by atoms with van der Waals surface area (Å²) in [6.07, 6.45) is 0. The van der Waals surface area contributed by atoms with Gasteiger partial charge in [0, 0.05) is 0 Å². The van der Waals surface area contributed by atoms with Gasteiger partial charge in [-0.15, -0.1) is 0 Å². The van der Waals surface area contributed by atoms with E-state index >= 15 is 0 Å². The molecule has 0 atom stereocenters. The Balaban J connectivity index is -0.0000000454. The predicted molar refractivity (Wildman–Crippen MR) is 32.0 cm³/mol. The Hall–Kier alpha value is 0.842. The van der Waals surface area contributed by atoms with Gasteiger partial charge in [0.25, 0.3) is 0 Å². The van der Waals surface area contributed by atoms with Gasteiger partial charge in [0.05, 0.1) is 0 Å². The molecule has 0 aromatic rings. The topological polar surface area (TPSA) is 161 Å². The molecule has 12 heteroatoms. The fraction of sp³-hybridized carbons (Fsp3) is 0.500. The summed E-state index contributed by atoms with van der Waals surface area (Å²) in [5.74, 6) is -3.91. The van der Waals surface area contributed by atoms with Crippen molar-refractivity contribution < 1.29 is 95.6 Å². The number of carboxylic acids is 2. The largest absolute Gasteiger partial charge is 1.00 e. The van der Waals surface area contributed by atoms with Crippen LogP contribution in [-0.4, -0.2) is 22.2 Å². The minimum absolute atomic E-state index is 0. The first-order valence-electron chi connectivity index (χ1n) is 2.74. The Bertz CT molecular complexity index is 217. The molecule has 0 aliphatic heterocycles. The number of aliphatic carboxylic acids is 2. The van der Waals surface area contributed by atoms with E-state index in [1.807, 2.05) is 0 Å². The van der Waals surface area contributed by atoms with E-state index in [1.54, 1.807) is 0 Å². The summed E-state index contributed by atoms with van der Waals surface area (Å²) >= 11 is 0. The Labute approximate surface area is 128 Å². The Morgan fingerprint density at radius 2 is 1.12 bits per heavy atom. The Kier molecular flexibility index (Phi) is 26.2. The fourth-order valence-corrected chi connectivity index (χ4v) is 0.106. The van der Waals surface area contributed by atoms with Gasteiger partial charge in [-0.3, -0.25) is 9.59 Å². The molecule has 0 saturated heterocycles. The molecule has 0 unspecified atom stereocenters. The molecule has 0 saturated carbocycles. The molecular formula is C4H6Li3O8P. The summed E-state index contributed by atoms with van der Waals surface area (Å²) in [7, 11) is -5.39. The summed E-state index contributed by atoms with van der Waals surface area (Å²) < 4.78 is 8.55. The first-order valence-corrected chi connectivity index (χ1v) is 4.20. The van der Waals surface area contributed by atoms with Crippen LogP contribution in [0.3, 0.4) is 0 Å². The zero-order valence-corrected chi connectivity index (χ0v) is 10.3. The fourth-order valence-electron chi connectivity index (χ4n) is 0.106. The second-order valence-electron chi connectivity index (χ2n) is 1.85. The summed E-state index contributed by atoms with van der Waals surface area (Å²) in [4.78, 5) is 45.2. The Morgan fingerprint density at radius 1 is 1.00 bits per heavy atom. The molecule has 0 fully saturated rings. The number of carbonyl (C=O) groups is 2. The van der Waals surface area contributed by atoms with Crippen molar-refractivity contribution in [3.8, 4) is 0 Å². The maximum Gasteiger partial charge on any atom is 1.00 e. The van der Waals surface area contributed by atoms with Gasteiger partial charge < -0.3 is 29.5 Å². The average Bonchev–Trinajstić information content (AvgIpc) is 1.81. The van der Waals surface area contributed by atoms with Crippen LogP contribution < -0.4 is 71.3 Å². The molecule has 0 amide bonds. The molecule has 0 bridgehead atoms. The summed E-state index contributed by atoms with van der Waals surface area (Å²) in [6, 6.07) is 0.